The lowest BCUT2D eigenvalue weighted by Gasteiger charge is -2.33. The molecule has 0 spiro atoms. The molecular weight excluding hydrogens is 430 g/mol. The zero-order chi connectivity index (χ0) is 23.5. The molecule has 0 fully saturated rings. The lowest BCUT2D eigenvalue weighted by atomic mass is 9.71. The van der Waals surface area contributed by atoms with E-state index in [-0.39, 0.29) is 5.41 Å². The summed E-state index contributed by atoms with van der Waals surface area (Å²) in [4.78, 5) is 0.305. The summed E-state index contributed by atoms with van der Waals surface area (Å²) in [7, 11) is -3.74. The lowest BCUT2D eigenvalue weighted by molar-refractivity contribution is 0.210. The van der Waals surface area contributed by atoms with Gasteiger partial charge in [0.15, 0.2) is 0 Å². The highest BCUT2D eigenvalue weighted by molar-refractivity contribution is 7.92. The van der Waals surface area contributed by atoms with Crippen LogP contribution in [0.1, 0.15) is 49.6 Å². The van der Waals surface area contributed by atoms with Crippen LogP contribution in [0.4, 0.5) is 5.69 Å². The second-order valence-corrected chi connectivity index (χ2v) is 12.2. The Hall–Kier alpha value is -2.79. The summed E-state index contributed by atoms with van der Waals surface area (Å²) in [6.45, 7) is 10.7. The average Bonchev–Trinajstić information content (AvgIpc) is 3.11. The standard InChI is InChI=1S/C28H31NO3S/c1-17-10-13-26(18(2)14-17)33(30,31)29-24-16-23-22-15-19(28(3,4)5)11-12-25(22)32-27(23)21-9-7-6-8-20(21)24/h6-10,13-14,16,19,29H,11-12,15H2,1-5H3/t19-/m1/s1. The molecule has 4 nitrogen and oxygen atoms in total. The first-order chi connectivity index (χ1) is 15.5. The summed E-state index contributed by atoms with van der Waals surface area (Å²) >= 11 is 0. The first kappa shape index (κ1) is 22.0. The highest BCUT2D eigenvalue weighted by Gasteiger charge is 2.32. The number of aryl methyl sites for hydroxylation is 3. The molecule has 1 N–H and O–H groups in total. The third-order valence-corrected chi connectivity index (χ3v) is 8.67. The molecule has 33 heavy (non-hydrogen) atoms. The van der Waals surface area contributed by atoms with E-state index in [4.69, 9.17) is 4.42 Å². The Kier molecular flexibility index (Phi) is 5.09. The van der Waals surface area contributed by atoms with Gasteiger partial charge in [0.25, 0.3) is 10.0 Å². The number of furan rings is 1. The summed E-state index contributed by atoms with van der Waals surface area (Å²) in [5.74, 6) is 1.61. The number of rotatable bonds is 3. The fourth-order valence-electron chi connectivity index (χ4n) is 5.22. The van der Waals surface area contributed by atoms with E-state index in [1.165, 1.54) is 5.56 Å². The minimum Gasteiger partial charge on any atom is -0.460 e. The number of hydrogen-bond donors (Lipinski definition) is 1. The minimum absolute atomic E-state index is 0.214. The molecule has 0 radical (unpaired) electrons. The second-order valence-electron chi connectivity index (χ2n) is 10.5. The molecule has 3 aromatic carbocycles. The van der Waals surface area contributed by atoms with Crippen molar-refractivity contribution in [1.82, 2.24) is 0 Å². The van der Waals surface area contributed by atoms with Crippen LogP contribution < -0.4 is 4.72 Å². The molecule has 5 heteroatoms. The van der Waals surface area contributed by atoms with Crippen molar-refractivity contribution in [2.45, 2.75) is 58.8 Å². The van der Waals surface area contributed by atoms with E-state index in [0.717, 1.165) is 57.9 Å². The molecule has 0 bridgehead atoms. The Morgan fingerprint density at radius 1 is 0.970 bits per heavy atom. The van der Waals surface area contributed by atoms with E-state index >= 15 is 0 Å². The quantitative estimate of drug-likeness (QED) is 0.352. The summed E-state index contributed by atoms with van der Waals surface area (Å²) < 4.78 is 36.1. The fourth-order valence-corrected chi connectivity index (χ4v) is 6.52. The second kappa shape index (κ2) is 7.63. The SMILES string of the molecule is Cc1ccc(S(=O)(=O)Nc2cc3c4c(oc3c3ccccc23)CC[C@@H](C(C)(C)C)C4)c(C)c1. The lowest BCUT2D eigenvalue weighted by Crippen LogP contribution is -2.26. The van der Waals surface area contributed by atoms with Gasteiger partial charge in [0.1, 0.15) is 11.3 Å². The number of benzene rings is 3. The summed E-state index contributed by atoms with van der Waals surface area (Å²) in [6.07, 6.45) is 2.98. The smallest absolute Gasteiger partial charge is 0.262 e. The van der Waals surface area contributed by atoms with Crippen LogP contribution in [0.5, 0.6) is 0 Å². The van der Waals surface area contributed by atoms with Gasteiger partial charge in [-0.1, -0.05) is 62.7 Å². The molecule has 0 saturated carbocycles. The first-order valence-electron chi connectivity index (χ1n) is 11.6. The van der Waals surface area contributed by atoms with Crippen molar-refractivity contribution in [2.75, 3.05) is 4.72 Å². The van der Waals surface area contributed by atoms with Gasteiger partial charge in [-0.15, -0.1) is 0 Å². The predicted molar refractivity (Wildman–Crippen MR) is 135 cm³/mol. The number of anilines is 1. The maximum absolute atomic E-state index is 13.4. The topological polar surface area (TPSA) is 59.3 Å². The highest BCUT2D eigenvalue weighted by Crippen LogP contribution is 2.44. The van der Waals surface area contributed by atoms with E-state index in [0.29, 0.717) is 16.5 Å². The zero-order valence-corrected chi connectivity index (χ0v) is 20.8. The van der Waals surface area contributed by atoms with Crippen LogP contribution in [0.3, 0.4) is 0 Å². The maximum atomic E-state index is 13.4. The third-order valence-electron chi connectivity index (χ3n) is 7.14. The normalized spacial score (nSPS) is 16.8. The van der Waals surface area contributed by atoms with Crippen molar-refractivity contribution >= 4 is 37.5 Å². The Balaban J connectivity index is 1.68. The molecule has 1 atom stereocenters. The van der Waals surface area contributed by atoms with Crippen LogP contribution in [0.2, 0.25) is 0 Å². The van der Waals surface area contributed by atoms with Crippen LogP contribution in [0.15, 0.2) is 57.8 Å². The van der Waals surface area contributed by atoms with Crippen molar-refractivity contribution in [2.24, 2.45) is 11.3 Å². The molecule has 0 saturated heterocycles. The number of hydrogen-bond acceptors (Lipinski definition) is 3. The molecule has 4 aromatic rings. The molecule has 5 rings (SSSR count). The zero-order valence-electron chi connectivity index (χ0n) is 20.0. The number of fused-ring (bicyclic) bond motifs is 5. The van der Waals surface area contributed by atoms with Crippen molar-refractivity contribution < 1.29 is 12.8 Å². The van der Waals surface area contributed by atoms with Gasteiger partial charge in [0.05, 0.1) is 10.6 Å². The van der Waals surface area contributed by atoms with Gasteiger partial charge in [-0.2, -0.15) is 0 Å². The largest absolute Gasteiger partial charge is 0.460 e. The maximum Gasteiger partial charge on any atom is 0.262 e. The van der Waals surface area contributed by atoms with Gasteiger partial charge in [0.2, 0.25) is 0 Å². The van der Waals surface area contributed by atoms with Gasteiger partial charge in [-0.3, -0.25) is 4.72 Å². The molecule has 1 aliphatic carbocycles. The van der Waals surface area contributed by atoms with Gasteiger partial charge < -0.3 is 4.42 Å². The monoisotopic (exact) mass is 461 g/mol. The van der Waals surface area contributed by atoms with Gasteiger partial charge in [0, 0.05) is 28.1 Å². The Morgan fingerprint density at radius 2 is 1.70 bits per heavy atom. The van der Waals surface area contributed by atoms with Crippen LogP contribution in [0, 0.1) is 25.2 Å². The summed E-state index contributed by atoms with van der Waals surface area (Å²) in [5.41, 5.74) is 4.68. The molecule has 1 aliphatic rings. The average molecular weight is 462 g/mol. The molecule has 1 heterocycles. The molecule has 1 aromatic heterocycles. The molecule has 0 aliphatic heterocycles. The Bertz CT molecular complexity index is 1490. The van der Waals surface area contributed by atoms with Crippen LogP contribution in [-0.4, -0.2) is 8.42 Å². The van der Waals surface area contributed by atoms with E-state index < -0.39 is 10.0 Å². The molecule has 172 valence electrons. The highest BCUT2D eigenvalue weighted by atomic mass is 32.2. The number of nitrogens with one attached hydrogen (secondary N) is 1. The fraction of sp³-hybridized carbons (Fsp3) is 0.357. The van der Waals surface area contributed by atoms with Crippen LogP contribution in [-0.2, 0) is 22.9 Å². The van der Waals surface area contributed by atoms with Gasteiger partial charge >= 0.3 is 0 Å². The summed E-state index contributed by atoms with van der Waals surface area (Å²) in [5, 5.41) is 2.81. The van der Waals surface area contributed by atoms with Crippen molar-refractivity contribution in [3.8, 4) is 0 Å². The van der Waals surface area contributed by atoms with Crippen molar-refractivity contribution in [3.63, 3.8) is 0 Å². The van der Waals surface area contributed by atoms with Crippen LogP contribution >= 0.6 is 0 Å². The Morgan fingerprint density at radius 3 is 2.39 bits per heavy atom. The van der Waals surface area contributed by atoms with E-state index in [1.807, 2.05) is 56.3 Å². The molecular formula is C28H31NO3S. The van der Waals surface area contributed by atoms with E-state index in [9.17, 15) is 8.42 Å². The van der Waals surface area contributed by atoms with Gasteiger partial charge in [-0.05, 0) is 55.7 Å². The molecule has 0 unspecified atom stereocenters. The van der Waals surface area contributed by atoms with Crippen molar-refractivity contribution in [3.05, 3.63) is 71.0 Å². The molecule has 0 amide bonds. The van der Waals surface area contributed by atoms with Crippen LogP contribution in [0.25, 0.3) is 21.7 Å². The van der Waals surface area contributed by atoms with Gasteiger partial charge in [-0.25, -0.2) is 8.42 Å². The minimum atomic E-state index is -3.74. The number of sulfonamides is 1. The Labute approximate surface area is 196 Å². The van der Waals surface area contributed by atoms with E-state index in [2.05, 4.69) is 25.5 Å². The predicted octanol–water partition coefficient (Wildman–Crippen LogP) is 7.15. The third kappa shape index (κ3) is 3.82. The van der Waals surface area contributed by atoms with Crippen molar-refractivity contribution in [1.29, 1.82) is 0 Å². The van der Waals surface area contributed by atoms with E-state index in [1.54, 1.807) is 6.07 Å². The summed E-state index contributed by atoms with van der Waals surface area (Å²) in [6, 6.07) is 15.3. The first-order valence-corrected chi connectivity index (χ1v) is 13.1.